The minimum Gasteiger partial charge on any atom is -0.395 e. The van der Waals surface area contributed by atoms with Gasteiger partial charge in [0.1, 0.15) is 0 Å². The van der Waals surface area contributed by atoms with Crippen molar-refractivity contribution < 1.29 is 5.11 Å². The smallest absolute Gasteiger partial charge is 0.0582 e. The van der Waals surface area contributed by atoms with Crippen molar-refractivity contribution in [1.29, 1.82) is 0 Å². The molecule has 2 N–H and O–H groups in total. The summed E-state index contributed by atoms with van der Waals surface area (Å²) in [4.78, 5) is 0. The molecule has 1 unspecified atom stereocenters. The molecular formula is C13H20ClNO. The summed E-state index contributed by atoms with van der Waals surface area (Å²) in [6, 6.07) is 8.31. The van der Waals surface area contributed by atoms with Crippen LogP contribution < -0.4 is 5.32 Å². The third kappa shape index (κ3) is 4.12. The Bertz CT molecular complexity index is 299. The highest BCUT2D eigenvalue weighted by Crippen LogP contribution is 2.21. The van der Waals surface area contributed by atoms with E-state index in [9.17, 15) is 0 Å². The van der Waals surface area contributed by atoms with E-state index in [1.165, 1.54) is 5.56 Å². The van der Waals surface area contributed by atoms with Crippen LogP contribution in [0.5, 0.6) is 0 Å². The van der Waals surface area contributed by atoms with Gasteiger partial charge in [0.25, 0.3) is 0 Å². The quantitative estimate of drug-likeness (QED) is 0.802. The zero-order valence-corrected chi connectivity index (χ0v) is 10.7. The maximum atomic E-state index is 9.06. The Morgan fingerprint density at radius 2 is 1.94 bits per heavy atom. The van der Waals surface area contributed by atoms with Crippen LogP contribution in [0.1, 0.15) is 38.3 Å². The number of benzene rings is 1. The summed E-state index contributed by atoms with van der Waals surface area (Å²) in [7, 11) is 0. The minimum absolute atomic E-state index is 0.118. The van der Waals surface area contributed by atoms with E-state index >= 15 is 0 Å². The van der Waals surface area contributed by atoms with Crippen LogP contribution in [0, 0.1) is 0 Å². The topological polar surface area (TPSA) is 32.3 Å². The summed E-state index contributed by atoms with van der Waals surface area (Å²) >= 11 is 5.87. The van der Waals surface area contributed by atoms with E-state index in [1.807, 2.05) is 31.2 Å². The van der Waals surface area contributed by atoms with Gasteiger partial charge in [-0.1, -0.05) is 37.1 Å². The fourth-order valence-electron chi connectivity index (χ4n) is 1.73. The van der Waals surface area contributed by atoms with E-state index < -0.39 is 0 Å². The first kappa shape index (κ1) is 13.5. The van der Waals surface area contributed by atoms with E-state index in [2.05, 4.69) is 12.2 Å². The van der Waals surface area contributed by atoms with Gasteiger partial charge in [0, 0.05) is 17.1 Å². The molecular weight excluding hydrogens is 222 g/mol. The van der Waals surface area contributed by atoms with Crippen molar-refractivity contribution in [3.63, 3.8) is 0 Å². The molecule has 3 heteroatoms. The Morgan fingerprint density at radius 3 is 2.44 bits per heavy atom. The normalized spacial score (nSPS) is 14.8. The van der Waals surface area contributed by atoms with Gasteiger partial charge in [-0.25, -0.2) is 0 Å². The van der Waals surface area contributed by atoms with Gasteiger partial charge in [-0.3, -0.25) is 0 Å². The fraction of sp³-hybridized carbons (Fsp3) is 0.538. The number of nitrogens with one attached hydrogen (secondary N) is 1. The molecule has 90 valence electrons. The van der Waals surface area contributed by atoms with Crippen molar-refractivity contribution in [1.82, 2.24) is 5.32 Å². The molecule has 0 radical (unpaired) electrons. The molecule has 0 aliphatic carbocycles. The number of aliphatic hydroxyl groups excluding tert-OH is 1. The molecule has 0 amide bonds. The average molecular weight is 242 g/mol. The zero-order valence-electron chi connectivity index (χ0n) is 9.91. The van der Waals surface area contributed by atoms with Gasteiger partial charge < -0.3 is 10.4 Å². The molecule has 0 aliphatic rings. The number of hydrogen-bond acceptors (Lipinski definition) is 2. The molecule has 1 aromatic rings. The van der Waals surface area contributed by atoms with E-state index in [0.717, 1.165) is 17.9 Å². The van der Waals surface area contributed by atoms with Gasteiger partial charge in [-0.15, -0.1) is 0 Å². The maximum absolute atomic E-state index is 9.06. The fourth-order valence-corrected chi connectivity index (χ4v) is 1.85. The minimum atomic E-state index is 0.118. The molecule has 0 saturated carbocycles. The Hall–Kier alpha value is -0.570. The lowest BCUT2D eigenvalue weighted by atomic mass is 10.0. The summed E-state index contributed by atoms with van der Waals surface area (Å²) in [5, 5.41) is 13.2. The largest absolute Gasteiger partial charge is 0.395 e. The van der Waals surface area contributed by atoms with Gasteiger partial charge in [0.15, 0.2) is 0 Å². The van der Waals surface area contributed by atoms with Crippen LogP contribution in [0.4, 0.5) is 0 Å². The second-order valence-corrected chi connectivity index (χ2v) is 4.58. The van der Waals surface area contributed by atoms with Crippen molar-refractivity contribution in [2.24, 2.45) is 0 Å². The number of halogens is 1. The van der Waals surface area contributed by atoms with Crippen LogP contribution in [-0.4, -0.2) is 17.8 Å². The highest BCUT2D eigenvalue weighted by atomic mass is 35.5. The zero-order chi connectivity index (χ0) is 12.0. The molecule has 1 rings (SSSR count). The molecule has 2 nitrogen and oxygen atoms in total. The maximum Gasteiger partial charge on any atom is 0.0582 e. The molecule has 0 aliphatic heterocycles. The second kappa shape index (κ2) is 6.89. The first-order valence-corrected chi connectivity index (χ1v) is 6.17. The number of rotatable bonds is 6. The predicted octanol–water partition coefficient (Wildman–Crippen LogP) is 3.15. The molecule has 0 aromatic heterocycles. The SMILES string of the molecule is CCCC(N[C@@H](C)CO)c1ccc(Cl)cc1. The molecule has 0 fully saturated rings. The van der Waals surface area contributed by atoms with E-state index in [0.29, 0.717) is 6.04 Å². The van der Waals surface area contributed by atoms with Crippen molar-refractivity contribution in [3.8, 4) is 0 Å². The molecule has 0 heterocycles. The molecule has 1 aromatic carbocycles. The van der Waals surface area contributed by atoms with Crippen LogP contribution in [0.3, 0.4) is 0 Å². The van der Waals surface area contributed by atoms with Crippen LogP contribution >= 0.6 is 11.6 Å². The predicted molar refractivity (Wildman–Crippen MR) is 68.8 cm³/mol. The Kier molecular flexibility index (Phi) is 5.81. The number of hydrogen-bond donors (Lipinski definition) is 2. The van der Waals surface area contributed by atoms with Crippen molar-refractivity contribution in [3.05, 3.63) is 34.9 Å². The van der Waals surface area contributed by atoms with Crippen molar-refractivity contribution in [2.45, 2.75) is 38.8 Å². The van der Waals surface area contributed by atoms with Crippen molar-refractivity contribution in [2.75, 3.05) is 6.61 Å². The molecule has 0 bridgehead atoms. The number of aliphatic hydroxyl groups is 1. The molecule has 16 heavy (non-hydrogen) atoms. The third-order valence-electron chi connectivity index (χ3n) is 2.61. The summed E-state index contributed by atoms with van der Waals surface area (Å²) in [6.07, 6.45) is 2.17. The van der Waals surface area contributed by atoms with Crippen LogP contribution in [0.2, 0.25) is 5.02 Å². The summed E-state index contributed by atoms with van der Waals surface area (Å²) in [5.74, 6) is 0. The Labute approximate surface area is 103 Å². The first-order chi connectivity index (χ1) is 7.67. The Balaban J connectivity index is 2.72. The summed E-state index contributed by atoms with van der Waals surface area (Å²) in [5.41, 5.74) is 1.23. The van der Waals surface area contributed by atoms with Crippen molar-refractivity contribution >= 4 is 11.6 Å². The lowest BCUT2D eigenvalue weighted by Gasteiger charge is -2.22. The van der Waals surface area contributed by atoms with E-state index in [4.69, 9.17) is 16.7 Å². The van der Waals surface area contributed by atoms with Crippen LogP contribution in [-0.2, 0) is 0 Å². The second-order valence-electron chi connectivity index (χ2n) is 4.14. The van der Waals surface area contributed by atoms with Gasteiger partial charge >= 0.3 is 0 Å². The van der Waals surface area contributed by atoms with E-state index in [-0.39, 0.29) is 12.6 Å². The summed E-state index contributed by atoms with van der Waals surface area (Å²) in [6.45, 7) is 4.31. The highest BCUT2D eigenvalue weighted by Gasteiger charge is 2.12. The molecule has 2 atom stereocenters. The molecule has 0 spiro atoms. The lowest BCUT2D eigenvalue weighted by molar-refractivity contribution is 0.238. The van der Waals surface area contributed by atoms with E-state index in [1.54, 1.807) is 0 Å². The summed E-state index contributed by atoms with van der Waals surface area (Å²) < 4.78 is 0. The van der Waals surface area contributed by atoms with Crippen LogP contribution in [0.15, 0.2) is 24.3 Å². The highest BCUT2D eigenvalue weighted by molar-refractivity contribution is 6.30. The van der Waals surface area contributed by atoms with Gasteiger partial charge in [-0.2, -0.15) is 0 Å². The van der Waals surface area contributed by atoms with Gasteiger partial charge in [-0.05, 0) is 31.0 Å². The molecule has 0 saturated heterocycles. The lowest BCUT2D eigenvalue weighted by Crippen LogP contribution is -2.33. The average Bonchev–Trinajstić information content (AvgIpc) is 2.29. The third-order valence-corrected chi connectivity index (χ3v) is 2.86. The Morgan fingerprint density at radius 1 is 1.31 bits per heavy atom. The first-order valence-electron chi connectivity index (χ1n) is 5.79. The standard InChI is InChI=1S/C13H20ClNO/c1-3-4-13(15-10(2)9-16)11-5-7-12(14)8-6-11/h5-8,10,13,15-16H,3-4,9H2,1-2H3/t10-,13?/m0/s1. The van der Waals surface area contributed by atoms with Gasteiger partial charge in [0.2, 0.25) is 0 Å². The van der Waals surface area contributed by atoms with Gasteiger partial charge in [0.05, 0.1) is 6.61 Å². The monoisotopic (exact) mass is 241 g/mol. The van der Waals surface area contributed by atoms with Crippen LogP contribution in [0.25, 0.3) is 0 Å².